The number of ether oxygens (including phenoxy) is 1. The van der Waals surface area contributed by atoms with Crippen LogP contribution in [-0.2, 0) is 17.8 Å². The van der Waals surface area contributed by atoms with Crippen molar-refractivity contribution < 1.29 is 18.0 Å². The second-order valence-corrected chi connectivity index (χ2v) is 9.88. The Morgan fingerprint density at radius 2 is 1.88 bits per heavy atom. The van der Waals surface area contributed by atoms with E-state index in [0.717, 1.165) is 84.3 Å². The van der Waals surface area contributed by atoms with Gasteiger partial charge in [-0.05, 0) is 38.2 Å². The average Bonchev–Trinajstić information content (AvgIpc) is 3.45. The first-order valence-electron chi connectivity index (χ1n) is 11.5. The number of nitrogens with zero attached hydrogens (tertiary/aromatic N) is 5. The fraction of sp³-hybridized carbons (Fsp3) is 0.480. The van der Waals surface area contributed by atoms with Gasteiger partial charge in [0.25, 0.3) is 5.92 Å². The minimum Gasteiger partial charge on any atom is -0.381 e. The zero-order chi connectivity index (χ0) is 24.1. The van der Waals surface area contributed by atoms with Crippen molar-refractivity contribution in [2.75, 3.05) is 13.2 Å². The van der Waals surface area contributed by atoms with Crippen LogP contribution in [0.25, 0.3) is 33.3 Å². The molecular weight excluding hydrogens is 440 g/mol. The fourth-order valence-electron chi connectivity index (χ4n) is 4.85. The van der Waals surface area contributed by atoms with Crippen LogP contribution in [0.4, 0.5) is 8.78 Å². The Morgan fingerprint density at radius 3 is 2.56 bits per heavy atom. The van der Waals surface area contributed by atoms with Gasteiger partial charge in [0.05, 0.1) is 22.9 Å². The lowest BCUT2D eigenvalue weighted by atomic mass is 9.82. The van der Waals surface area contributed by atoms with Gasteiger partial charge < -0.3 is 13.8 Å². The van der Waals surface area contributed by atoms with Crippen molar-refractivity contribution in [1.82, 2.24) is 24.5 Å². The number of fused-ring (bicyclic) bond motifs is 1. The Balaban J connectivity index is 1.62. The maximum atomic E-state index is 13.5. The first kappa shape index (κ1) is 22.7. The van der Waals surface area contributed by atoms with Crippen LogP contribution in [-0.4, -0.2) is 43.6 Å². The summed E-state index contributed by atoms with van der Waals surface area (Å²) in [6, 6.07) is 2.12. The third kappa shape index (κ3) is 4.36. The van der Waals surface area contributed by atoms with E-state index in [2.05, 4.69) is 34.0 Å². The molecule has 1 saturated heterocycles. The van der Waals surface area contributed by atoms with Crippen LogP contribution < -0.4 is 0 Å². The molecule has 180 valence electrons. The number of alkyl halides is 2. The second-order valence-electron chi connectivity index (χ2n) is 9.88. The van der Waals surface area contributed by atoms with Crippen LogP contribution in [0.2, 0.25) is 0 Å². The normalized spacial score (nSPS) is 16.4. The minimum absolute atomic E-state index is 0.0922. The molecule has 0 N–H and O–H groups in total. The van der Waals surface area contributed by atoms with Crippen LogP contribution in [0.1, 0.15) is 38.1 Å². The van der Waals surface area contributed by atoms with E-state index in [1.807, 2.05) is 20.0 Å². The molecule has 0 radical (unpaired) electrons. The summed E-state index contributed by atoms with van der Waals surface area (Å²) < 4.78 is 41.5. The van der Waals surface area contributed by atoms with Crippen molar-refractivity contribution in [1.29, 1.82) is 0 Å². The molecule has 9 heteroatoms. The standard InChI is InChI=1S/C25H29F2N5O2/c1-16-22(17(2)34-30-16)18-9-21-23(28-10-18)20(19-11-29-32(12-19)15-25(4,26)27)13-31(21)14-24(3)5-7-33-8-6-24/h9-13H,5-8,14-15H2,1-4H3. The summed E-state index contributed by atoms with van der Waals surface area (Å²) in [6.45, 7) is 8.84. The number of pyridine rings is 1. The lowest BCUT2D eigenvalue weighted by molar-refractivity contribution is 0.000593. The Bertz CT molecular complexity index is 1310. The molecule has 0 unspecified atom stereocenters. The highest BCUT2D eigenvalue weighted by Crippen LogP contribution is 2.38. The third-order valence-electron chi connectivity index (χ3n) is 6.67. The van der Waals surface area contributed by atoms with Gasteiger partial charge in [-0.25, -0.2) is 8.78 Å². The molecule has 1 aliphatic rings. The molecule has 4 aromatic rings. The summed E-state index contributed by atoms with van der Waals surface area (Å²) >= 11 is 0. The van der Waals surface area contributed by atoms with Crippen molar-refractivity contribution in [2.24, 2.45) is 5.41 Å². The zero-order valence-electron chi connectivity index (χ0n) is 19.9. The fourth-order valence-corrected chi connectivity index (χ4v) is 4.85. The molecule has 0 atom stereocenters. The molecule has 5 rings (SSSR count). The van der Waals surface area contributed by atoms with Crippen molar-refractivity contribution >= 4 is 11.0 Å². The maximum absolute atomic E-state index is 13.5. The Morgan fingerprint density at radius 1 is 1.12 bits per heavy atom. The summed E-state index contributed by atoms with van der Waals surface area (Å²) in [5.41, 5.74) is 6.23. The van der Waals surface area contributed by atoms with Gasteiger partial charge in [0.15, 0.2) is 0 Å². The van der Waals surface area contributed by atoms with Gasteiger partial charge >= 0.3 is 0 Å². The number of hydrogen-bond acceptors (Lipinski definition) is 5. The van der Waals surface area contributed by atoms with Crippen LogP contribution in [0.3, 0.4) is 0 Å². The lowest BCUT2D eigenvalue weighted by Gasteiger charge is -2.34. The van der Waals surface area contributed by atoms with Crippen LogP contribution in [0.15, 0.2) is 35.4 Å². The van der Waals surface area contributed by atoms with Crippen molar-refractivity contribution in [3.05, 3.63) is 42.3 Å². The van der Waals surface area contributed by atoms with E-state index < -0.39 is 12.5 Å². The van der Waals surface area contributed by atoms with E-state index >= 15 is 0 Å². The Hall–Kier alpha value is -3.07. The van der Waals surface area contributed by atoms with Crippen molar-refractivity contribution in [2.45, 2.75) is 59.5 Å². The Kier molecular flexibility index (Phi) is 5.55. The van der Waals surface area contributed by atoms with E-state index in [1.54, 1.807) is 12.4 Å². The first-order valence-corrected chi connectivity index (χ1v) is 11.5. The third-order valence-corrected chi connectivity index (χ3v) is 6.67. The zero-order valence-corrected chi connectivity index (χ0v) is 19.9. The molecule has 1 fully saturated rings. The molecule has 0 spiro atoms. The number of halogens is 2. The quantitative estimate of drug-likeness (QED) is 0.365. The van der Waals surface area contributed by atoms with Gasteiger partial charge in [-0.3, -0.25) is 9.67 Å². The number of aryl methyl sites for hydroxylation is 2. The average molecular weight is 470 g/mol. The Labute approximate surface area is 196 Å². The number of hydrogen-bond donors (Lipinski definition) is 0. The highest BCUT2D eigenvalue weighted by molar-refractivity contribution is 5.94. The topological polar surface area (TPSA) is 70.9 Å². The number of rotatable bonds is 6. The van der Waals surface area contributed by atoms with E-state index in [1.165, 1.54) is 4.68 Å². The van der Waals surface area contributed by atoms with Gasteiger partial charge in [-0.15, -0.1) is 0 Å². The second kappa shape index (κ2) is 8.30. The molecule has 1 aliphatic heterocycles. The molecule has 0 amide bonds. The molecule has 4 aromatic heterocycles. The van der Waals surface area contributed by atoms with Gasteiger partial charge in [0.2, 0.25) is 0 Å². The molecule has 34 heavy (non-hydrogen) atoms. The molecule has 0 aromatic carbocycles. The van der Waals surface area contributed by atoms with Crippen LogP contribution >= 0.6 is 0 Å². The lowest BCUT2D eigenvalue weighted by Crippen LogP contribution is -2.30. The van der Waals surface area contributed by atoms with Gasteiger partial charge in [0.1, 0.15) is 12.3 Å². The van der Waals surface area contributed by atoms with Crippen molar-refractivity contribution in [3.63, 3.8) is 0 Å². The van der Waals surface area contributed by atoms with E-state index in [-0.39, 0.29) is 5.41 Å². The van der Waals surface area contributed by atoms with Crippen molar-refractivity contribution in [3.8, 4) is 22.3 Å². The molecule has 5 heterocycles. The largest absolute Gasteiger partial charge is 0.381 e. The summed E-state index contributed by atoms with van der Waals surface area (Å²) in [6.07, 6.45) is 9.14. The summed E-state index contributed by atoms with van der Waals surface area (Å²) in [5, 5.41) is 8.26. The predicted molar refractivity (Wildman–Crippen MR) is 125 cm³/mol. The summed E-state index contributed by atoms with van der Waals surface area (Å²) in [5.74, 6) is -2.09. The summed E-state index contributed by atoms with van der Waals surface area (Å²) in [7, 11) is 0. The SMILES string of the molecule is Cc1noc(C)c1-c1cnc2c(-c3cnn(CC(C)(F)F)c3)cn(CC3(C)CCOCC3)c2c1. The van der Waals surface area contributed by atoms with E-state index in [0.29, 0.717) is 0 Å². The minimum atomic E-state index is -2.84. The molecule has 0 saturated carbocycles. The van der Waals surface area contributed by atoms with Gasteiger partial charge in [-0.2, -0.15) is 5.10 Å². The smallest absolute Gasteiger partial charge is 0.264 e. The van der Waals surface area contributed by atoms with Crippen LogP contribution in [0, 0.1) is 19.3 Å². The first-order chi connectivity index (χ1) is 16.1. The van der Waals surface area contributed by atoms with E-state index in [4.69, 9.17) is 14.2 Å². The predicted octanol–water partition coefficient (Wildman–Crippen LogP) is 5.64. The van der Waals surface area contributed by atoms with Gasteiger partial charge in [-0.1, -0.05) is 12.1 Å². The summed E-state index contributed by atoms with van der Waals surface area (Å²) in [4.78, 5) is 4.82. The highest BCUT2D eigenvalue weighted by atomic mass is 19.3. The highest BCUT2D eigenvalue weighted by Gasteiger charge is 2.29. The van der Waals surface area contributed by atoms with Gasteiger partial charge in [0, 0.05) is 67.5 Å². The maximum Gasteiger partial charge on any atom is 0.264 e. The molecule has 7 nitrogen and oxygen atoms in total. The number of aromatic nitrogens is 5. The van der Waals surface area contributed by atoms with Crippen LogP contribution in [0.5, 0.6) is 0 Å². The van der Waals surface area contributed by atoms with E-state index in [9.17, 15) is 8.78 Å². The molecule has 0 bridgehead atoms. The molecular formula is C25H29F2N5O2. The monoisotopic (exact) mass is 469 g/mol. The molecule has 0 aliphatic carbocycles.